The molecule has 2 nitrogen and oxygen atoms in total. The van der Waals surface area contributed by atoms with Gasteiger partial charge in [-0.1, -0.05) is 6.07 Å². The Bertz CT molecular complexity index is 427. The smallest absolute Gasteiger partial charge is 0.119 e. The molecule has 0 saturated heterocycles. The summed E-state index contributed by atoms with van der Waals surface area (Å²) in [7, 11) is 1.73. The van der Waals surface area contributed by atoms with Crippen molar-refractivity contribution in [1.29, 1.82) is 0 Å². The minimum Gasteiger partial charge on any atom is -0.497 e. The molecule has 0 spiro atoms. The van der Waals surface area contributed by atoms with Crippen molar-refractivity contribution in [2.45, 2.75) is 44.6 Å². The quantitative estimate of drug-likeness (QED) is 0.869. The fourth-order valence-electron chi connectivity index (χ4n) is 3.71. The Morgan fingerprint density at radius 2 is 2.00 bits per heavy atom. The van der Waals surface area contributed by atoms with E-state index in [4.69, 9.17) is 4.74 Å². The zero-order valence-electron chi connectivity index (χ0n) is 11.1. The van der Waals surface area contributed by atoms with Crippen LogP contribution >= 0.6 is 0 Å². The standard InChI is InChI=1S/C16H22O2/c1-18-16-7-5-12-8-11(2-3-14(12)10-16)13-4-6-15(17)9-13/h5,7,10-11,13,15,17H,2-4,6,8-9H2,1H3/t11-,13+,15-/m0/s1. The van der Waals surface area contributed by atoms with Crippen molar-refractivity contribution in [1.82, 2.24) is 0 Å². The summed E-state index contributed by atoms with van der Waals surface area (Å²) in [5.41, 5.74) is 2.96. The van der Waals surface area contributed by atoms with Gasteiger partial charge in [0.1, 0.15) is 5.75 Å². The second-order valence-electron chi connectivity index (χ2n) is 5.86. The maximum atomic E-state index is 9.68. The molecule has 0 bridgehead atoms. The molecule has 2 aliphatic carbocycles. The second kappa shape index (κ2) is 4.93. The molecule has 1 fully saturated rings. The van der Waals surface area contributed by atoms with Crippen LogP contribution in [-0.4, -0.2) is 18.3 Å². The second-order valence-corrected chi connectivity index (χ2v) is 5.86. The van der Waals surface area contributed by atoms with E-state index < -0.39 is 0 Å². The predicted octanol–water partition coefficient (Wildman–Crippen LogP) is 2.96. The van der Waals surface area contributed by atoms with Crippen LogP contribution in [0.3, 0.4) is 0 Å². The first-order valence-electron chi connectivity index (χ1n) is 7.10. The number of aryl methyl sites for hydroxylation is 1. The molecular formula is C16H22O2. The third kappa shape index (κ3) is 2.26. The summed E-state index contributed by atoms with van der Waals surface area (Å²) in [5, 5.41) is 9.68. The van der Waals surface area contributed by atoms with Crippen molar-refractivity contribution in [3.63, 3.8) is 0 Å². The average molecular weight is 246 g/mol. The van der Waals surface area contributed by atoms with Crippen LogP contribution in [0.1, 0.15) is 36.8 Å². The number of ether oxygens (including phenoxy) is 1. The summed E-state index contributed by atoms with van der Waals surface area (Å²) in [5.74, 6) is 2.50. The minimum absolute atomic E-state index is 0.0349. The molecule has 0 amide bonds. The molecule has 1 aromatic carbocycles. The Labute approximate surface area is 109 Å². The molecule has 0 aromatic heterocycles. The SMILES string of the molecule is COc1ccc2c(c1)CC[C@H]([C@@H]1CC[C@H](O)C1)C2. The van der Waals surface area contributed by atoms with Crippen LogP contribution in [0.5, 0.6) is 5.75 Å². The number of aliphatic hydroxyl groups is 1. The summed E-state index contributed by atoms with van der Waals surface area (Å²) in [6.07, 6.45) is 6.86. The average Bonchev–Trinajstić information content (AvgIpc) is 2.84. The van der Waals surface area contributed by atoms with Gasteiger partial charge in [0.05, 0.1) is 13.2 Å². The summed E-state index contributed by atoms with van der Waals surface area (Å²) >= 11 is 0. The molecule has 3 atom stereocenters. The Morgan fingerprint density at radius 1 is 1.11 bits per heavy atom. The fourth-order valence-corrected chi connectivity index (χ4v) is 3.71. The molecule has 1 aromatic rings. The highest BCUT2D eigenvalue weighted by molar-refractivity contribution is 5.37. The lowest BCUT2D eigenvalue weighted by molar-refractivity contribution is 0.168. The van der Waals surface area contributed by atoms with E-state index in [9.17, 15) is 5.11 Å². The van der Waals surface area contributed by atoms with Gasteiger partial charge in [-0.2, -0.15) is 0 Å². The number of hydrogen-bond donors (Lipinski definition) is 1. The van der Waals surface area contributed by atoms with Crippen LogP contribution in [0.2, 0.25) is 0 Å². The largest absolute Gasteiger partial charge is 0.497 e. The van der Waals surface area contributed by atoms with E-state index in [-0.39, 0.29) is 6.10 Å². The lowest BCUT2D eigenvalue weighted by atomic mass is 9.76. The lowest BCUT2D eigenvalue weighted by Gasteiger charge is -2.29. The molecule has 18 heavy (non-hydrogen) atoms. The third-order valence-electron chi connectivity index (χ3n) is 4.79. The predicted molar refractivity (Wildman–Crippen MR) is 71.9 cm³/mol. The Balaban J connectivity index is 1.73. The molecule has 3 rings (SSSR count). The molecule has 1 saturated carbocycles. The molecule has 2 heteroatoms. The monoisotopic (exact) mass is 246 g/mol. The van der Waals surface area contributed by atoms with Gasteiger partial charge in [0.15, 0.2) is 0 Å². The van der Waals surface area contributed by atoms with E-state index in [1.54, 1.807) is 7.11 Å². The Hall–Kier alpha value is -1.02. The van der Waals surface area contributed by atoms with E-state index >= 15 is 0 Å². The maximum absolute atomic E-state index is 9.68. The van der Waals surface area contributed by atoms with Crippen LogP contribution in [0.15, 0.2) is 18.2 Å². The van der Waals surface area contributed by atoms with Gasteiger partial charge < -0.3 is 9.84 Å². The number of rotatable bonds is 2. The molecule has 98 valence electrons. The number of hydrogen-bond acceptors (Lipinski definition) is 2. The van der Waals surface area contributed by atoms with Gasteiger partial charge in [-0.15, -0.1) is 0 Å². The summed E-state index contributed by atoms with van der Waals surface area (Å²) in [4.78, 5) is 0. The van der Waals surface area contributed by atoms with Crippen LogP contribution in [0.25, 0.3) is 0 Å². The topological polar surface area (TPSA) is 29.5 Å². The molecule has 0 aliphatic heterocycles. The summed E-state index contributed by atoms with van der Waals surface area (Å²) < 4.78 is 5.29. The normalized spacial score (nSPS) is 31.1. The summed E-state index contributed by atoms with van der Waals surface area (Å²) in [6, 6.07) is 6.49. The molecule has 0 unspecified atom stereocenters. The Kier molecular flexibility index (Phi) is 3.29. The van der Waals surface area contributed by atoms with Crippen molar-refractivity contribution in [2.75, 3.05) is 7.11 Å². The van der Waals surface area contributed by atoms with Gasteiger partial charge in [-0.3, -0.25) is 0 Å². The Morgan fingerprint density at radius 3 is 2.72 bits per heavy atom. The summed E-state index contributed by atoms with van der Waals surface area (Å²) in [6.45, 7) is 0. The zero-order valence-corrected chi connectivity index (χ0v) is 11.1. The van der Waals surface area contributed by atoms with Gasteiger partial charge in [0.2, 0.25) is 0 Å². The number of aliphatic hydroxyl groups excluding tert-OH is 1. The molecule has 2 aliphatic rings. The molecule has 0 radical (unpaired) electrons. The van der Waals surface area contributed by atoms with Crippen molar-refractivity contribution < 1.29 is 9.84 Å². The van der Waals surface area contributed by atoms with Crippen LogP contribution in [0, 0.1) is 11.8 Å². The van der Waals surface area contributed by atoms with E-state index in [2.05, 4.69) is 18.2 Å². The van der Waals surface area contributed by atoms with Crippen molar-refractivity contribution in [3.05, 3.63) is 29.3 Å². The van der Waals surface area contributed by atoms with Crippen LogP contribution in [-0.2, 0) is 12.8 Å². The van der Waals surface area contributed by atoms with E-state index in [0.717, 1.165) is 30.4 Å². The molecule has 0 heterocycles. The first-order chi connectivity index (χ1) is 8.76. The maximum Gasteiger partial charge on any atom is 0.119 e. The lowest BCUT2D eigenvalue weighted by Crippen LogP contribution is -2.21. The number of fused-ring (bicyclic) bond motifs is 1. The van der Waals surface area contributed by atoms with E-state index in [1.807, 2.05) is 0 Å². The first-order valence-corrected chi connectivity index (χ1v) is 7.10. The van der Waals surface area contributed by atoms with E-state index in [0.29, 0.717) is 0 Å². The highest BCUT2D eigenvalue weighted by Crippen LogP contribution is 2.39. The fraction of sp³-hybridized carbons (Fsp3) is 0.625. The third-order valence-corrected chi connectivity index (χ3v) is 4.79. The van der Waals surface area contributed by atoms with Gasteiger partial charge in [-0.25, -0.2) is 0 Å². The van der Waals surface area contributed by atoms with Crippen LogP contribution < -0.4 is 4.74 Å². The zero-order chi connectivity index (χ0) is 12.5. The minimum atomic E-state index is -0.0349. The number of benzene rings is 1. The highest BCUT2D eigenvalue weighted by Gasteiger charge is 2.31. The van der Waals surface area contributed by atoms with Gasteiger partial charge >= 0.3 is 0 Å². The van der Waals surface area contributed by atoms with Gasteiger partial charge in [0, 0.05) is 0 Å². The van der Waals surface area contributed by atoms with Crippen molar-refractivity contribution in [2.24, 2.45) is 11.8 Å². The van der Waals surface area contributed by atoms with Gasteiger partial charge in [0.25, 0.3) is 0 Å². The van der Waals surface area contributed by atoms with E-state index in [1.165, 1.54) is 36.8 Å². The number of methoxy groups -OCH3 is 1. The molecule has 1 N–H and O–H groups in total. The highest BCUT2D eigenvalue weighted by atomic mass is 16.5. The van der Waals surface area contributed by atoms with Gasteiger partial charge in [-0.05, 0) is 73.6 Å². The van der Waals surface area contributed by atoms with Crippen LogP contribution in [0.4, 0.5) is 0 Å². The first kappa shape index (κ1) is 12.0. The molecular weight excluding hydrogens is 224 g/mol. The van der Waals surface area contributed by atoms with Crippen molar-refractivity contribution >= 4 is 0 Å². The van der Waals surface area contributed by atoms with Crippen molar-refractivity contribution in [3.8, 4) is 5.75 Å².